The molecule has 21 heavy (non-hydrogen) atoms. The Bertz CT molecular complexity index is 649. The number of carbonyl (C=O) groups is 1. The van der Waals surface area contributed by atoms with Gasteiger partial charge in [0.2, 0.25) is 0 Å². The van der Waals surface area contributed by atoms with Gasteiger partial charge >= 0.3 is 0 Å². The number of amides is 1. The van der Waals surface area contributed by atoms with Crippen LogP contribution in [0.5, 0.6) is 5.75 Å². The van der Waals surface area contributed by atoms with E-state index in [4.69, 9.17) is 4.74 Å². The van der Waals surface area contributed by atoms with Gasteiger partial charge in [-0.2, -0.15) is 0 Å². The fourth-order valence-electron chi connectivity index (χ4n) is 2.42. The van der Waals surface area contributed by atoms with Gasteiger partial charge in [0, 0.05) is 18.0 Å². The summed E-state index contributed by atoms with van der Waals surface area (Å²) >= 11 is 0. The number of aromatic nitrogens is 1. The molecule has 1 aromatic carbocycles. The van der Waals surface area contributed by atoms with Crippen molar-refractivity contribution in [3.8, 4) is 5.75 Å². The van der Waals surface area contributed by atoms with Crippen LogP contribution in [-0.4, -0.2) is 35.0 Å². The highest BCUT2D eigenvalue weighted by atomic mass is 16.5. The molecule has 4 heteroatoms. The van der Waals surface area contributed by atoms with Crippen LogP contribution in [0.25, 0.3) is 0 Å². The molecule has 0 saturated carbocycles. The smallest absolute Gasteiger partial charge is 0.254 e. The maximum absolute atomic E-state index is 12.5. The van der Waals surface area contributed by atoms with E-state index in [9.17, 15) is 4.79 Å². The summed E-state index contributed by atoms with van der Waals surface area (Å²) in [4.78, 5) is 18.2. The van der Waals surface area contributed by atoms with Gasteiger partial charge in [0.25, 0.3) is 5.91 Å². The Labute approximate surface area is 124 Å². The molecule has 108 valence electrons. The van der Waals surface area contributed by atoms with Crippen molar-refractivity contribution >= 4 is 5.91 Å². The Kier molecular flexibility index (Phi) is 3.60. The highest BCUT2D eigenvalue weighted by Gasteiger charge is 2.33. The first-order valence-corrected chi connectivity index (χ1v) is 7.06. The summed E-state index contributed by atoms with van der Waals surface area (Å²) in [6.07, 6.45) is 3.47. The van der Waals surface area contributed by atoms with Crippen LogP contribution in [0.2, 0.25) is 0 Å². The average molecular weight is 282 g/mol. The highest BCUT2D eigenvalue weighted by Crippen LogP contribution is 2.21. The van der Waals surface area contributed by atoms with Crippen LogP contribution < -0.4 is 4.74 Å². The molecule has 1 aliphatic rings. The lowest BCUT2D eigenvalue weighted by Crippen LogP contribution is -2.56. The molecule has 1 fully saturated rings. The van der Waals surface area contributed by atoms with E-state index in [0.29, 0.717) is 13.1 Å². The number of benzene rings is 1. The first-order valence-electron chi connectivity index (χ1n) is 7.06. The molecule has 0 N–H and O–H groups in total. The van der Waals surface area contributed by atoms with Crippen molar-refractivity contribution in [3.05, 3.63) is 59.4 Å². The van der Waals surface area contributed by atoms with Crippen molar-refractivity contribution in [1.29, 1.82) is 0 Å². The molecule has 0 aliphatic carbocycles. The summed E-state index contributed by atoms with van der Waals surface area (Å²) in [7, 11) is 0. The standard InChI is InChI=1S/C17H18N2O2/c1-12-3-4-13(2)16(9-12)17(20)19-10-15(11-19)21-14-5-7-18-8-6-14/h3-9,15H,10-11H2,1-2H3. The summed E-state index contributed by atoms with van der Waals surface area (Å²) in [5.74, 6) is 0.889. The molecule has 0 spiro atoms. The molecule has 1 aliphatic heterocycles. The normalized spacial score (nSPS) is 14.7. The van der Waals surface area contributed by atoms with E-state index in [-0.39, 0.29) is 12.0 Å². The zero-order chi connectivity index (χ0) is 14.8. The predicted octanol–water partition coefficient (Wildman–Crippen LogP) is 2.60. The number of rotatable bonds is 3. The van der Waals surface area contributed by atoms with Crippen LogP contribution in [0.3, 0.4) is 0 Å². The lowest BCUT2D eigenvalue weighted by atomic mass is 10.0. The lowest BCUT2D eigenvalue weighted by molar-refractivity contribution is 0.0177. The molecular weight excluding hydrogens is 264 g/mol. The maximum Gasteiger partial charge on any atom is 0.254 e. The van der Waals surface area contributed by atoms with Gasteiger partial charge < -0.3 is 9.64 Å². The Hall–Kier alpha value is -2.36. The third-order valence-electron chi connectivity index (χ3n) is 3.71. The van der Waals surface area contributed by atoms with E-state index in [1.54, 1.807) is 12.4 Å². The van der Waals surface area contributed by atoms with Crippen molar-refractivity contribution in [2.45, 2.75) is 20.0 Å². The molecule has 0 bridgehead atoms. The van der Waals surface area contributed by atoms with E-state index >= 15 is 0 Å². The molecule has 1 aromatic heterocycles. The van der Waals surface area contributed by atoms with E-state index in [1.165, 1.54) is 0 Å². The Balaban J connectivity index is 1.61. The van der Waals surface area contributed by atoms with Gasteiger partial charge in [-0.3, -0.25) is 9.78 Å². The van der Waals surface area contributed by atoms with Crippen molar-refractivity contribution in [1.82, 2.24) is 9.88 Å². The van der Waals surface area contributed by atoms with Crippen LogP contribution in [0.4, 0.5) is 0 Å². The van der Waals surface area contributed by atoms with Gasteiger partial charge in [-0.1, -0.05) is 17.7 Å². The van der Waals surface area contributed by atoms with Crippen molar-refractivity contribution < 1.29 is 9.53 Å². The first-order chi connectivity index (χ1) is 10.1. The molecule has 0 atom stereocenters. The van der Waals surface area contributed by atoms with Crippen LogP contribution in [0, 0.1) is 13.8 Å². The number of hydrogen-bond acceptors (Lipinski definition) is 3. The SMILES string of the molecule is Cc1ccc(C)c(C(=O)N2CC(Oc3ccncc3)C2)c1. The Morgan fingerprint density at radius 1 is 1.19 bits per heavy atom. The molecule has 4 nitrogen and oxygen atoms in total. The number of carbonyl (C=O) groups excluding carboxylic acids is 1. The molecule has 0 radical (unpaired) electrons. The van der Waals surface area contributed by atoms with Gasteiger partial charge in [-0.05, 0) is 37.6 Å². The van der Waals surface area contributed by atoms with Crippen molar-refractivity contribution in [2.75, 3.05) is 13.1 Å². The fraction of sp³-hybridized carbons (Fsp3) is 0.294. The summed E-state index contributed by atoms with van der Waals surface area (Å²) in [6.45, 7) is 5.24. The lowest BCUT2D eigenvalue weighted by Gasteiger charge is -2.39. The largest absolute Gasteiger partial charge is 0.487 e. The van der Waals surface area contributed by atoms with Gasteiger partial charge in [-0.15, -0.1) is 0 Å². The zero-order valence-corrected chi connectivity index (χ0v) is 12.2. The second-order valence-corrected chi connectivity index (χ2v) is 5.45. The minimum atomic E-state index is 0.0708. The number of aryl methyl sites for hydroxylation is 2. The summed E-state index contributed by atoms with van der Waals surface area (Å²) in [6, 6.07) is 9.63. The minimum absolute atomic E-state index is 0.0708. The van der Waals surface area contributed by atoms with E-state index in [0.717, 1.165) is 22.4 Å². The van der Waals surface area contributed by atoms with Crippen molar-refractivity contribution in [3.63, 3.8) is 0 Å². The van der Waals surface area contributed by atoms with Gasteiger partial charge in [0.15, 0.2) is 0 Å². The van der Waals surface area contributed by atoms with Gasteiger partial charge in [0.05, 0.1) is 13.1 Å². The second-order valence-electron chi connectivity index (χ2n) is 5.45. The number of pyridine rings is 1. The quantitative estimate of drug-likeness (QED) is 0.869. The van der Waals surface area contributed by atoms with E-state index < -0.39 is 0 Å². The average Bonchev–Trinajstić information content (AvgIpc) is 2.45. The monoisotopic (exact) mass is 282 g/mol. The van der Waals surface area contributed by atoms with Gasteiger partial charge in [0.1, 0.15) is 11.9 Å². The molecule has 2 aromatic rings. The summed E-state index contributed by atoms with van der Waals surface area (Å²) < 4.78 is 5.79. The third-order valence-corrected chi connectivity index (χ3v) is 3.71. The zero-order valence-electron chi connectivity index (χ0n) is 12.2. The van der Waals surface area contributed by atoms with Crippen LogP contribution in [0.1, 0.15) is 21.5 Å². The molecule has 2 heterocycles. The Morgan fingerprint density at radius 3 is 2.62 bits per heavy atom. The minimum Gasteiger partial charge on any atom is -0.487 e. The maximum atomic E-state index is 12.5. The summed E-state index contributed by atoms with van der Waals surface area (Å²) in [5, 5.41) is 0. The van der Waals surface area contributed by atoms with Crippen LogP contribution >= 0.6 is 0 Å². The molecule has 0 unspecified atom stereocenters. The highest BCUT2D eigenvalue weighted by molar-refractivity contribution is 5.96. The summed E-state index contributed by atoms with van der Waals surface area (Å²) in [5.41, 5.74) is 2.91. The fourth-order valence-corrected chi connectivity index (χ4v) is 2.42. The molecule has 1 amide bonds. The van der Waals surface area contributed by atoms with E-state index in [2.05, 4.69) is 4.98 Å². The van der Waals surface area contributed by atoms with Crippen LogP contribution in [-0.2, 0) is 0 Å². The number of hydrogen-bond donors (Lipinski definition) is 0. The number of ether oxygens (including phenoxy) is 1. The third kappa shape index (κ3) is 2.89. The molecule has 1 saturated heterocycles. The predicted molar refractivity (Wildman–Crippen MR) is 80.5 cm³/mol. The Morgan fingerprint density at radius 2 is 1.90 bits per heavy atom. The second kappa shape index (κ2) is 5.56. The molecular formula is C17H18N2O2. The number of nitrogens with zero attached hydrogens (tertiary/aromatic N) is 2. The first kappa shape index (κ1) is 13.6. The van der Waals surface area contributed by atoms with Crippen molar-refractivity contribution in [2.24, 2.45) is 0 Å². The number of likely N-dealkylation sites (tertiary alicyclic amines) is 1. The van der Waals surface area contributed by atoms with E-state index in [1.807, 2.05) is 49.1 Å². The van der Waals surface area contributed by atoms with Gasteiger partial charge in [-0.25, -0.2) is 0 Å². The van der Waals surface area contributed by atoms with Crippen LogP contribution in [0.15, 0.2) is 42.7 Å². The molecule has 3 rings (SSSR count). The topological polar surface area (TPSA) is 42.4 Å².